The highest BCUT2D eigenvalue weighted by molar-refractivity contribution is 14.1. The number of rotatable bonds is 5. The summed E-state index contributed by atoms with van der Waals surface area (Å²) in [6.45, 7) is 3.70. The first-order chi connectivity index (χ1) is 10.2. The third-order valence-corrected chi connectivity index (χ3v) is 5.81. The van der Waals surface area contributed by atoms with Crippen LogP contribution in [0.1, 0.15) is 34.9 Å². The van der Waals surface area contributed by atoms with E-state index in [1.165, 1.54) is 33.3 Å². The molecule has 0 bridgehead atoms. The predicted molar refractivity (Wildman–Crippen MR) is 97.4 cm³/mol. The lowest BCUT2D eigenvalue weighted by Crippen LogP contribution is -2.28. The quantitative estimate of drug-likeness (QED) is 0.567. The summed E-state index contributed by atoms with van der Waals surface area (Å²) in [5, 5.41) is 3.65. The van der Waals surface area contributed by atoms with Gasteiger partial charge in [0.1, 0.15) is 12.4 Å². The third kappa shape index (κ3) is 3.99. The molecule has 0 aliphatic heterocycles. The second-order valence-corrected chi connectivity index (χ2v) is 8.52. The number of ether oxygens (including phenoxy) is 1. The van der Waals surface area contributed by atoms with Crippen LogP contribution in [0.2, 0.25) is 0 Å². The van der Waals surface area contributed by atoms with Gasteiger partial charge in [-0.1, -0.05) is 12.1 Å². The summed E-state index contributed by atoms with van der Waals surface area (Å²) in [7, 11) is 0. The molecule has 1 N–H and O–H groups in total. The van der Waals surface area contributed by atoms with Gasteiger partial charge in [0.15, 0.2) is 0 Å². The molecule has 1 unspecified atom stereocenters. The molecule has 0 radical (unpaired) electrons. The molecule has 21 heavy (non-hydrogen) atoms. The number of halogens is 1. The molecule has 1 aliphatic rings. The van der Waals surface area contributed by atoms with Crippen molar-refractivity contribution in [3.05, 3.63) is 49.2 Å². The summed E-state index contributed by atoms with van der Waals surface area (Å²) in [4.78, 5) is 1.57. The summed E-state index contributed by atoms with van der Waals surface area (Å²) in [6.07, 6.45) is 3.78. The van der Waals surface area contributed by atoms with Crippen molar-refractivity contribution in [1.29, 1.82) is 0 Å². The number of benzene rings is 1. The number of nitrogens with one attached hydrogen (secondary N) is 1. The number of thiophene rings is 1. The van der Waals surface area contributed by atoms with E-state index >= 15 is 0 Å². The van der Waals surface area contributed by atoms with Crippen molar-refractivity contribution < 1.29 is 4.74 Å². The van der Waals surface area contributed by atoms with E-state index in [2.05, 4.69) is 53.0 Å². The van der Waals surface area contributed by atoms with Crippen molar-refractivity contribution in [2.75, 3.05) is 13.2 Å². The van der Waals surface area contributed by atoms with Crippen molar-refractivity contribution in [1.82, 2.24) is 5.32 Å². The van der Waals surface area contributed by atoms with Gasteiger partial charge >= 0.3 is 0 Å². The molecule has 0 amide bonds. The number of aryl methyl sites for hydroxylation is 2. The molecule has 4 heteroatoms. The van der Waals surface area contributed by atoms with Crippen LogP contribution < -0.4 is 10.1 Å². The normalized spacial score (nSPS) is 17.5. The first-order valence-corrected chi connectivity index (χ1v) is 9.33. The fourth-order valence-electron chi connectivity index (χ4n) is 2.84. The Balaban J connectivity index is 1.50. The Morgan fingerprint density at radius 3 is 3.14 bits per heavy atom. The van der Waals surface area contributed by atoms with Gasteiger partial charge in [-0.2, -0.15) is 0 Å². The zero-order valence-corrected chi connectivity index (χ0v) is 15.2. The van der Waals surface area contributed by atoms with Crippen LogP contribution in [-0.2, 0) is 6.42 Å². The minimum Gasteiger partial charge on any atom is -0.492 e. The van der Waals surface area contributed by atoms with Crippen molar-refractivity contribution in [2.45, 2.75) is 32.2 Å². The average molecular weight is 413 g/mol. The molecule has 0 saturated carbocycles. The van der Waals surface area contributed by atoms with Crippen molar-refractivity contribution in [3.63, 3.8) is 0 Å². The molecule has 1 atom stereocenters. The Labute approximate surface area is 144 Å². The number of fused-ring (bicyclic) bond motifs is 1. The summed E-state index contributed by atoms with van der Waals surface area (Å²) in [6, 6.07) is 11.1. The standard InChI is InChI=1S/C17H20INOS/c1-12-4-2-5-13(10-12)20-9-8-19-15-6-3-7-16-14(15)11-17(18)21-16/h2,4-5,10-11,15,19H,3,6-9H2,1H3. The zero-order valence-electron chi connectivity index (χ0n) is 12.2. The van der Waals surface area contributed by atoms with Crippen LogP contribution in [0.25, 0.3) is 0 Å². The fraction of sp³-hybridized carbons (Fsp3) is 0.412. The van der Waals surface area contributed by atoms with Crippen LogP contribution in [0.5, 0.6) is 5.75 Å². The van der Waals surface area contributed by atoms with Crippen molar-refractivity contribution in [3.8, 4) is 5.75 Å². The van der Waals surface area contributed by atoms with E-state index < -0.39 is 0 Å². The molecule has 0 fully saturated rings. The average Bonchev–Trinajstić information content (AvgIpc) is 2.84. The van der Waals surface area contributed by atoms with Crippen LogP contribution in [-0.4, -0.2) is 13.2 Å². The van der Waals surface area contributed by atoms with E-state index in [1.807, 2.05) is 23.5 Å². The molecule has 1 aromatic carbocycles. The van der Waals surface area contributed by atoms with Crippen LogP contribution in [0.15, 0.2) is 30.3 Å². The molecule has 0 saturated heterocycles. The first-order valence-electron chi connectivity index (χ1n) is 7.43. The summed E-state index contributed by atoms with van der Waals surface area (Å²) in [5.41, 5.74) is 2.76. The maximum absolute atomic E-state index is 5.81. The van der Waals surface area contributed by atoms with Gasteiger partial charge in [0.05, 0.1) is 2.88 Å². The molecule has 1 heterocycles. The van der Waals surface area contributed by atoms with Gasteiger partial charge in [0.2, 0.25) is 0 Å². The molecule has 0 spiro atoms. The van der Waals surface area contributed by atoms with E-state index in [9.17, 15) is 0 Å². The van der Waals surface area contributed by atoms with E-state index in [4.69, 9.17) is 4.74 Å². The maximum Gasteiger partial charge on any atom is 0.119 e. The van der Waals surface area contributed by atoms with Gasteiger partial charge in [-0.25, -0.2) is 0 Å². The molecule has 1 aromatic heterocycles. The summed E-state index contributed by atoms with van der Waals surface area (Å²) < 4.78 is 7.21. The topological polar surface area (TPSA) is 21.3 Å². The largest absolute Gasteiger partial charge is 0.492 e. The number of hydrogen-bond acceptors (Lipinski definition) is 3. The van der Waals surface area contributed by atoms with Gasteiger partial charge in [0.25, 0.3) is 0 Å². The lowest BCUT2D eigenvalue weighted by atomic mass is 9.94. The van der Waals surface area contributed by atoms with Gasteiger partial charge in [-0.3, -0.25) is 0 Å². The molecule has 3 rings (SSSR count). The monoisotopic (exact) mass is 413 g/mol. The van der Waals surface area contributed by atoms with Gasteiger partial charge in [-0.05, 0) is 78.1 Å². The van der Waals surface area contributed by atoms with Crippen molar-refractivity contribution >= 4 is 33.9 Å². The van der Waals surface area contributed by atoms with Gasteiger partial charge in [-0.15, -0.1) is 11.3 Å². The smallest absolute Gasteiger partial charge is 0.119 e. The highest BCUT2D eigenvalue weighted by atomic mass is 127. The SMILES string of the molecule is Cc1cccc(OCCNC2CCCc3sc(I)cc32)c1. The number of hydrogen-bond donors (Lipinski definition) is 1. The molecular weight excluding hydrogens is 393 g/mol. The Kier molecular flexibility index (Phi) is 5.19. The summed E-state index contributed by atoms with van der Waals surface area (Å²) >= 11 is 4.38. The Morgan fingerprint density at radius 1 is 1.38 bits per heavy atom. The molecule has 2 aromatic rings. The van der Waals surface area contributed by atoms with Crippen LogP contribution >= 0.6 is 33.9 Å². The minimum absolute atomic E-state index is 0.509. The Hall–Kier alpha value is -0.590. The first kappa shape index (κ1) is 15.3. The van der Waals surface area contributed by atoms with E-state index in [0.717, 1.165) is 18.9 Å². The van der Waals surface area contributed by atoms with Gasteiger partial charge in [0, 0.05) is 17.5 Å². The summed E-state index contributed by atoms with van der Waals surface area (Å²) in [5.74, 6) is 0.964. The minimum atomic E-state index is 0.509. The van der Waals surface area contributed by atoms with Gasteiger partial charge < -0.3 is 10.1 Å². The van der Waals surface area contributed by atoms with Crippen LogP contribution in [0.4, 0.5) is 0 Å². The highest BCUT2D eigenvalue weighted by Gasteiger charge is 2.21. The second-order valence-electron chi connectivity index (χ2n) is 5.49. The Bertz CT molecular complexity index is 611. The lowest BCUT2D eigenvalue weighted by molar-refractivity contribution is 0.301. The van der Waals surface area contributed by atoms with E-state index in [-0.39, 0.29) is 0 Å². The molecule has 112 valence electrons. The van der Waals surface area contributed by atoms with E-state index in [1.54, 1.807) is 4.88 Å². The molecule has 1 aliphatic carbocycles. The third-order valence-electron chi connectivity index (χ3n) is 3.83. The molecule has 2 nitrogen and oxygen atoms in total. The lowest BCUT2D eigenvalue weighted by Gasteiger charge is -2.23. The second kappa shape index (κ2) is 7.11. The molecular formula is C17H20INOS. The van der Waals surface area contributed by atoms with Crippen molar-refractivity contribution in [2.24, 2.45) is 0 Å². The van der Waals surface area contributed by atoms with E-state index in [0.29, 0.717) is 6.04 Å². The maximum atomic E-state index is 5.81. The van der Waals surface area contributed by atoms with Crippen LogP contribution in [0.3, 0.4) is 0 Å². The highest BCUT2D eigenvalue weighted by Crippen LogP contribution is 2.36. The fourth-order valence-corrected chi connectivity index (χ4v) is 4.96. The van der Waals surface area contributed by atoms with Crippen LogP contribution in [0, 0.1) is 9.81 Å². The Morgan fingerprint density at radius 2 is 2.29 bits per heavy atom. The zero-order chi connectivity index (χ0) is 14.7. The predicted octanol–water partition coefficient (Wildman–Crippen LogP) is 4.71.